The van der Waals surface area contributed by atoms with Gasteiger partial charge >= 0.3 is 0 Å². The van der Waals surface area contributed by atoms with Crippen molar-refractivity contribution in [1.82, 2.24) is 0 Å². The molecule has 0 aromatic rings. The zero-order chi connectivity index (χ0) is 10.9. The summed E-state index contributed by atoms with van der Waals surface area (Å²) in [5.41, 5.74) is 1.72. The largest absolute Gasteiger partial charge is 0.123 e. The number of hydrogen-bond acceptors (Lipinski definition) is 1. The minimum Gasteiger partial charge on any atom is -0.0853 e. The second-order valence-corrected chi connectivity index (χ2v) is 12.8. The lowest BCUT2D eigenvalue weighted by atomic mass is 9.82. The zero-order valence-electron chi connectivity index (χ0n) is 8.84. The van der Waals surface area contributed by atoms with Crippen LogP contribution in [0.4, 0.5) is 0 Å². The second-order valence-electron chi connectivity index (χ2n) is 4.47. The highest BCUT2D eigenvalue weighted by Gasteiger charge is 2.35. The SMILES string of the molecule is CC1=CCC(C(C)C)C(P(=S)(Cl)Cl)C1. The molecule has 2 unspecified atom stereocenters. The fraction of sp³-hybridized carbons (Fsp3) is 0.800. The van der Waals surface area contributed by atoms with Gasteiger partial charge in [-0.05, 0) is 31.6 Å². The van der Waals surface area contributed by atoms with Gasteiger partial charge in [-0.1, -0.05) is 59.8 Å². The molecule has 0 aliphatic heterocycles. The van der Waals surface area contributed by atoms with E-state index in [0.29, 0.717) is 17.5 Å². The maximum Gasteiger partial charge on any atom is 0.123 e. The standard InChI is InChI=1S/C10H17Cl2PS/c1-7(2)9-5-4-8(3)6-10(9)13(11,12)14/h4,7,9-10H,5-6H2,1-3H3. The summed E-state index contributed by atoms with van der Waals surface area (Å²) in [6.45, 7) is 6.60. The fourth-order valence-electron chi connectivity index (χ4n) is 2.10. The molecule has 82 valence electrons. The molecule has 0 bridgehead atoms. The molecule has 0 nitrogen and oxygen atoms in total. The summed E-state index contributed by atoms with van der Waals surface area (Å²) in [6, 6.07) is 0. The van der Waals surface area contributed by atoms with Gasteiger partial charge in [0.05, 0.1) is 0 Å². The molecule has 14 heavy (non-hydrogen) atoms. The molecular weight excluding hydrogens is 254 g/mol. The normalized spacial score (nSPS) is 29.1. The molecule has 0 N–H and O–H groups in total. The van der Waals surface area contributed by atoms with Gasteiger partial charge in [0.25, 0.3) is 0 Å². The Hall–Kier alpha value is 0.970. The van der Waals surface area contributed by atoms with Crippen molar-refractivity contribution in [1.29, 1.82) is 0 Å². The van der Waals surface area contributed by atoms with Crippen LogP contribution in [0.5, 0.6) is 0 Å². The summed E-state index contributed by atoms with van der Waals surface area (Å²) >= 11 is 17.6. The lowest BCUT2D eigenvalue weighted by Crippen LogP contribution is -2.26. The minimum atomic E-state index is -2.15. The average Bonchev–Trinajstić information content (AvgIpc) is 2.01. The predicted octanol–water partition coefficient (Wildman–Crippen LogP) is 5.15. The van der Waals surface area contributed by atoms with Gasteiger partial charge in [0.1, 0.15) is 4.74 Å². The summed E-state index contributed by atoms with van der Waals surface area (Å²) in [6.07, 6.45) is 4.39. The third kappa shape index (κ3) is 3.23. The van der Waals surface area contributed by atoms with Crippen molar-refractivity contribution >= 4 is 39.0 Å². The van der Waals surface area contributed by atoms with Crippen molar-refractivity contribution in [2.75, 3.05) is 0 Å². The molecule has 0 spiro atoms. The topological polar surface area (TPSA) is 0 Å². The van der Waals surface area contributed by atoms with E-state index in [4.69, 9.17) is 34.3 Å². The highest BCUT2D eigenvalue weighted by atomic mass is 35.9. The van der Waals surface area contributed by atoms with E-state index < -0.39 is 4.74 Å². The average molecular weight is 271 g/mol. The summed E-state index contributed by atoms with van der Waals surface area (Å²) in [4.78, 5) is 0. The molecule has 0 saturated heterocycles. The van der Waals surface area contributed by atoms with E-state index in [1.165, 1.54) is 5.57 Å². The van der Waals surface area contributed by atoms with Gasteiger partial charge in [0.2, 0.25) is 0 Å². The summed E-state index contributed by atoms with van der Waals surface area (Å²) in [5, 5.41) is 0. The molecule has 0 heterocycles. The van der Waals surface area contributed by atoms with E-state index in [1.54, 1.807) is 0 Å². The maximum absolute atomic E-state index is 6.18. The Kier molecular flexibility index (Phi) is 4.53. The zero-order valence-corrected chi connectivity index (χ0v) is 12.1. The Balaban J connectivity index is 2.90. The van der Waals surface area contributed by atoms with Crippen LogP contribution in [0.15, 0.2) is 11.6 Å². The van der Waals surface area contributed by atoms with Crippen molar-refractivity contribution in [3.63, 3.8) is 0 Å². The first kappa shape index (κ1) is 13.0. The lowest BCUT2D eigenvalue weighted by Gasteiger charge is -2.35. The quantitative estimate of drug-likeness (QED) is 0.494. The van der Waals surface area contributed by atoms with E-state index in [-0.39, 0.29) is 0 Å². The molecule has 1 aliphatic rings. The van der Waals surface area contributed by atoms with E-state index in [9.17, 15) is 0 Å². The van der Waals surface area contributed by atoms with Crippen LogP contribution in [0, 0.1) is 11.8 Å². The van der Waals surface area contributed by atoms with Gasteiger partial charge in [0.15, 0.2) is 0 Å². The van der Waals surface area contributed by atoms with E-state index >= 15 is 0 Å². The third-order valence-corrected chi connectivity index (χ3v) is 6.66. The van der Waals surface area contributed by atoms with Crippen LogP contribution in [0.25, 0.3) is 0 Å². The Morgan fingerprint density at radius 1 is 1.50 bits per heavy atom. The molecule has 1 rings (SSSR count). The lowest BCUT2D eigenvalue weighted by molar-refractivity contribution is 0.359. The first-order valence-corrected chi connectivity index (χ1v) is 9.65. The van der Waals surface area contributed by atoms with Crippen LogP contribution in [0.3, 0.4) is 0 Å². The first-order valence-electron chi connectivity index (χ1n) is 4.97. The molecular formula is C10H17Cl2PS. The Morgan fingerprint density at radius 2 is 2.07 bits per heavy atom. The molecule has 1 aliphatic carbocycles. The van der Waals surface area contributed by atoms with Gasteiger partial charge in [-0.2, -0.15) is 0 Å². The van der Waals surface area contributed by atoms with Crippen LogP contribution >= 0.6 is 27.2 Å². The molecule has 0 aromatic carbocycles. The Morgan fingerprint density at radius 3 is 2.50 bits per heavy atom. The Labute approximate surface area is 102 Å². The third-order valence-electron chi connectivity index (χ3n) is 3.01. The van der Waals surface area contributed by atoms with Gasteiger partial charge in [0, 0.05) is 5.66 Å². The van der Waals surface area contributed by atoms with Gasteiger partial charge in [-0.3, -0.25) is 0 Å². The smallest absolute Gasteiger partial charge is 0.0853 e. The molecule has 2 atom stereocenters. The minimum absolute atomic E-state index is 0.325. The van der Waals surface area contributed by atoms with Gasteiger partial charge < -0.3 is 0 Å². The molecule has 0 aromatic heterocycles. The number of hydrogen-bond donors (Lipinski definition) is 0. The van der Waals surface area contributed by atoms with Crippen molar-refractivity contribution in [2.45, 2.75) is 39.3 Å². The summed E-state index contributed by atoms with van der Waals surface area (Å²) < 4.78 is -2.15. The molecule has 0 amide bonds. The molecule has 4 heteroatoms. The van der Waals surface area contributed by atoms with Crippen LogP contribution in [-0.2, 0) is 11.8 Å². The predicted molar refractivity (Wildman–Crippen MR) is 71.1 cm³/mol. The van der Waals surface area contributed by atoms with Crippen LogP contribution in [0.1, 0.15) is 33.6 Å². The van der Waals surface area contributed by atoms with Crippen molar-refractivity contribution in [3.8, 4) is 0 Å². The monoisotopic (exact) mass is 270 g/mol. The molecule has 0 fully saturated rings. The van der Waals surface area contributed by atoms with Crippen LogP contribution in [-0.4, -0.2) is 5.66 Å². The number of halogens is 2. The number of allylic oxidation sites excluding steroid dienone is 2. The highest BCUT2D eigenvalue weighted by molar-refractivity contribution is 8.39. The van der Waals surface area contributed by atoms with E-state index in [2.05, 4.69) is 26.8 Å². The van der Waals surface area contributed by atoms with Crippen LogP contribution in [0.2, 0.25) is 0 Å². The first-order chi connectivity index (χ1) is 6.32. The van der Waals surface area contributed by atoms with Crippen molar-refractivity contribution in [2.24, 2.45) is 11.8 Å². The Bertz CT molecular complexity index is 280. The molecule has 0 radical (unpaired) electrons. The van der Waals surface area contributed by atoms with Gasteiger partial charge in [-0.15, -0.1) is 0 Å². The van der Waals surface area contributed by atoms with Crippen molar-refractivity contribution in [3.05, 3.63) is 11.6 Å². The second kappa shape index (κ2) is 4.87. The highest BCUT2D eigenvalue weighted by Crippen LogP contribution is 2.66. The van der Waals surface area contributed by atoms with Gasteiger partial charge in [-0.25, -0.2) is 0 Å². The molecule has 0 saturated carbocycles. The van der Waals surface area contributed by atoms with Crippen LogP contribution < -0.4 is 0 Å². The fourth-order valence-corrected chi connectivity index (χ4v) is 5.49. The van der Waals surface area contributed by atoms with Crippen molar-refractivity contribution < 1.29 is 0 Å². The summed E-state index contributed by atoms with van der Waals surface area (Å²) in [7, 11) is 0. The number of rotatable bonds is 2. The van der Waals surface area contributed by atoms with E-state index in [1.807, 2.05) is 0 Å². The summed E-state index contributed by atoms with van der Waals surface area (Å²) in [5.74, 6) is 1.18. The van der Waals surface area contributed by atoms with E-state index in [0.717, 1.165) is 12.8 Å². The maximum atomic E-state index is 6.18.